The number of nitrogens with zero attached hydrogens (tertiary/aromatic N) is 4. The fourth-order valence-corrected chi connectivity index (χ4v) is 2.82. The molecule has 1 amide bonds. The van der Waals surface area contributed by atoms with Gasteiger partial charge in [-0.25, -0.2) is 0 Å². The fourth-order valence-electron chi connectivity index (χ4n) is 2.82. The van der Waals surface area contributed by atoms with Crippen LogP contribution in [0, 0.1) is 13.8 Å². The van der Waals surface area contributed by atoms with E-state index in [1.807, 2.05) is 24.9 Å². The zero-order chi connectivity index (χ0) is 15.7. The summed E-state index contributed by atoms with van der Waals surface area (Å²) < 4.78 is 1.75. The fraction of sp³-hybridized carbons (Fsp3) is 0.412. The van der Waals surface area contributed by atoms with Crippen LogP contribution in [0.4, 0.5) is 5.69 Å². The number of benzene rings is 1. The van der Waals surface area contributed by atoms with Gasteiger partial charge >= 0.3 is 0 Å². The third-order valence-electron chi connectivity index (χ3n) is 4.27. The first kappa shape index (κ1) is 14.6. The van der Waals surface area contributed by atoms with Gasteiger partial charge in [0.15, 0.2) is 5.69 Å². The molecule has 0 spiro atoms. The first-order valence-electron chi connectivity index (χ1n) is 7.66. The van der Waals surface area contributed by atoms with Crippen LogP contribution >= 0.6 is 0 Å². The lowest BCUT2D eigenvalue weighted by Gasteiger charge is -2.36. The zero-order valence-corrected chi connectivity index (χ0v) is 13.4. The molecular weight excluding hydrogens is 276 g/mol. The first-order chi connectivity index (χ1) is 10.5. The quantitative estimate of drug-likeness (QED) is 0.851. The van der Waals surface area contributed by atoms with Gasteiger partial charge in [0.05, 0.1) is 0 Å². The maximum Gasteiger partial charge on any atom is 0.274 e. The monoisotopic (exact) mass is 298 g/mol. The Morgan fingerprint density at radius 2 is 1.82 bits per heavy atom. The van der Waals surface area contributed by atoms with Gasteiger partial charge in [0.1, 0.15) is 0 Å². The van der Waals surface area contributed by atoms with Crippen molar-refractivity contribution in [2.75, 3.05) is 31.1 Å². The summed E-state index contributed by atoms with van der Waals surface area (Å²) in [6.45, 7) is 7.26. The molecule has 5 nitrogen and oxygen atoms in total. The van der Waals surface area contributed by atoms with E-state index >= 15 is 0 Å². The number of aromatic nitrogens is 2. The SMILES string of the molecule is Cc1cccc(N2CCN(C(=O)c3cc(C)n(C)n3)CC2)c1. The van der Waals surface area contributed by atoms with E-state index in [0.717, 1.165) is 31.9 Å². The number of carbonyl (C=O) groups excluding carboxylic acids is 1. The van der Waals surface area contributed by atoms with Crippen molar-refractivity contribution in [1.29, 1.82) is 0 Å². The molecule has 0 atom stereocenters. The summed E-state index contributed by atoms with van der Waals surface area (Å²) in [5.74, 6) is 0.0348. The minimum Gasteiger partial charge on any atom is -0.368 e. The summed E-state index contributed by atoms with van der Waals surface area (Å²) in [6, 6.07) is 10.4. The molecule has 1 aliphatic rings. The van der Waals surface area contributed by atoms with E-state index in [-0.39, 0.29) is 5.91 Å². The van der Waals surface area contributed by atoms with Gasteiger partial charge in [-0.2, -0.15) is 5.10 Å². The maximum atomic E-state index is 12.5. The standard InChI is InChI=1S/C17H22N4O/c1-13-5-4-6-15(11-13)20-7-9-21(10-8-20)17(22)16-12-14(2)19(3)18-16/h4-6,11-12H,7-10H2,1-3H3. The highest BCUT2D eigenvalue weighted by Gasteiger charge is 2.24. The Morgan fingerprint density at radius 1 is 1.09 bits per heavy atom. The number of piperazine rings is 1. The van der Waals surface area contributed by atoms with Crippen molar-refractivity contribution in [3.05, 3.63) is 47.3 Å². The molecule has 1 fully saturated rings. The van der Waals surface area contributed by atoms with Crippen LogP contribution in [-0.4, -0.2) is 46.8 Å². The molecule has 1 aromatic carbocycles. The van der Waals surface area contributed by atoms with Gasteiger partial charge in [-0.3, -0.25) is 9.48 Å². The van der Waals surface area contributed by atoms with Gasteiger partial charge in [-0.1, -0.05) is 12.1 Å². The average Bonchev–Trinajstić information content (AvgIpc) is 2.86. The minimum absolute atomic E-state index is 0.0348. The lowest BCUT2D eigenvalue weighted by atomic mass is 10.2. The summed E-state index contributed by atoms with van der Waals surface area (Å²) in [4.78, 5) is 16.7. The molecule has 22 heavy (non-hydrogen) atoms. The summed E-state index contributed by atoms with van der Waals surface area (Å²) in [7, 11) is 1.86. The van der Waals surface area contributed by atoms with Crippen molar-refractivity contribution < 1.29 is 4.79 Å². The van der Waals surface area contributed by atoms with Crippen LogP contribution in [0.2, 0.25) is 0 Å². The number of anilines is 1. The van der Waals surface area contributed by atoms with E-state index in [1.165, 1.54) is 11.3 Å². The van der Waals surface area contributed by atoms with Gasteiger partial charge in [0.2, 0.25) is 0 Å². The molecule has 0 unspecified atom stereocenters. The van der Waals surface area contributed by atoms with Gasteiger partial charge in [-0.15, -0.1) is 0 Å². The van der Waals surface area contributed by atoms with Crippen molar-refractivity contribution >= 4 is 11.6 Å². The second kappa shape index (κ2) is 5.83. The van der Waals surface area contributed by atoms with Gasteiger partial charge in [0.25, 0.3) is 5.91 Å². The van der Waals surface area contributed by atoms with Crippen LogP contribution < -0.4 is 4.90 Å². The van der Waals surface area contributed by atoms with Crippen molar-refractivity contribution in [3.8, 4) is 0 Å². The molecule has 1 aliphatic heterocycles. The van der Waals surface area contributed by atoms with E-state index in [2.05, 4.69) is 41.2 Å². The van der Waals surface area contributed by atoms with Gasteiger partial charge < -0.3 is 9.80 Å². The zero-order valence-electron chi connectivity index (χ0n) is 13.4. The summed E-state index contributed by atoms with van der Waals surface area (Å²) in [6.07, 6.45) is 0. The lowest BCUT2D eigenvalue weighted by molar-refractivity contribution is 0.0740. The molecule has 0 aliphatic carbocycles. The Labute approximate surface area is 131 Å². The number of hydrogen-bond acceptors (Lipinski definition) is 3. The van der Waals surface area contributed by atoms with Crippen LogP contribution in [0.1, 0.15) is 21.7 Å². The molecule has 2 aromatic rings. The van der Waals surface area contributed by atoms with Gasteiger partial charge in [0, 0.05) is 44.6 Å². The van der Waals surface area contributed by atoms with Crippen molar-refractivity contribution in [2.45, 2.75) is 13.8 Å². The molecule has 0 saturated carbocycles. The van der Waals surface area contributed by atoms with Crippen LogP contribution in [0.5, 0.6) is 0 Å². The van der Waals surface area contributed by atoms with Crippen LogP contribution in [0.15, 0.2) is 30.3 Å². The molecule has 5 heteroatoms. The van der Waals surface area contributed by atoms with Gasteiger partial charge in [-0.05, 0) is 37.6 Å². The van der Waals surface area contributed by atoms with Crippen LogP contribution in [0.3, 0.4) is 0 Å². The molecule has 0 N–H and O–H groups in total. The largest absolute Gasteiger partial charge is 0.368 e. The Balaban J connectivity index is 1.65. The highest BCUT2D eigenvalue weighted by atomic mass is 16.2. The number of amides is 1. The van der Waals surface area contributed by atoms with Crippen molar-refractivity contribution in [3.63, 3.8) is 0 Å². The van der Waals surface area contributed by atoms with Crippen molar-refractivity contribution in [1.82, 2.24) is 14.7 Å². The average molecular weight is 298 g/mol. The third-order valence-corrected chi connectivity index (χ3v) is 4.27. The third kappa shape index (κ3) is 2.84. The maximum absolute atomic E-state index is 12.5. The summed E-state index contributed by atoms with van der Waals surface area (Å²) in [5, 5.41) is 4.29. The number of carbonyl (C=O) groups is 1. The Hall–Kier alpha value is -2.30. The number of hydrogen-bond donors (Lipinski definition) is 0. The molecule has 1 saturated heterocycles. The highest BCUT2D eigenvalue weighted by molar-refractivity contribution is 5.92. The van der Waals surface area contributed by atoms with E-state index < -0.39 is 0 Å². The first-order valence-corrected chi connectivity index (χ1v) is 7.66. The predicted molar refractivity (Wildman–Crippen MR) is 87.2 cm³/mol. The van der Waals surface area contributed by atoms with E-state index in [1.54, 1.807) is 4.68 Å². The molecule has 0 radical (unpaired) electrons. The van der Waals surface area contributed by atoms with E-state index in [9.17, 15) is 4.79 Å². The summed E-state index contributed by atoms with van der Waals surface area (Å²) >= 11 is 0. The second-order valence-corrected chi connectivity index (χ2v) is 5.91. The summed E-state index contributed by atoms with van der Waals surface area (Å²) in [5.41, 5.74) is 4.05. The lowest BCUT2D eigenvalue weighted by Crippen LogP contribution is -2.48. The highest BCUT2D eigenvalue weighted by Crippen LogP contribution is 2.18. The normalized spacial score (nSPS) is 15.2. The minimum atomic E-state index is 0.0348. The van der Waals surface area contributed by atoms with E-state index in [4.69, 9.17) is 0 Å². The van der Waals surface area contributed by atoms with Crippen LogP contribution in [-0.2, 0) is 7.05 Å². The van der Waals surface area contributed by atoms with Crippen LogP contribution in [0.25, 0.3) is 0 Å². The molecule has 3 rings (SSSR count). The molecule has 116 valence electrons. The van der Waals surface area contributed by atoms with Crippen molar-refractivity contribution in [2.24, 2.45) is 7.05 Å². The molecule has 0 bridgehead atoms. The number of rotatable bonds is 2. The Bertz CT molecular complexity index is 664. The molecular formula is C17H22N4O. The molecule has 2 heterocycles. The topological polar surface area (TPSA) is 41.4 Å². The predicted octanol–water partition coefficient (Wildman–Crippen LogP) is 2.00. The second-order valence-electron chi connectivity index (χ2n) is 5.91. The molecule has 1 aromatic heterocycles. The Morgan fingerprint density at radius 3 is 2.41 bits per heavy atom. The Kier molecular flexibility index (Phi) is 3.88. The number of aryl methyl sites for hydroxylation is 3. The smallest absolute Gasteiger partial charge is 0.274 e. The van der Waals surface area contributed by atoms with E-state index in [0.29, 0.717) is 5.69 Å².